The molecule has 2 aromatic heterocycles. The molecule has 3 aromatic rings. The van der Waals surface area contributed by atoms with Crippen molar-refractivity contribution in [3.63, 3.8) is 0 Å². The van der Waals surface area contributed by atoms with Crippen LogP contribution in [0.25, 0.3) is 11.6 Å². The van der Waals surface area contributed by atoms with Gasteiger partial charge in [-0.25, -0.2) is 0 Å². The van der Waals surface area contributed by atoms with Gasteiger partial charge in [-0.15, -0.1) is 10.2 Å². The highest BCUT2D eigenvalue weighted by Gasteiger charge is 2.33. The molecule has 33 heavy (non-hydrogen) atoms. The normalized spacial score (nSPS) is 12.5. The third-order valence-corrected chi connectivity index (χ3v) is 5.29. The van der Waals surface area contributed by atoms with Gasteiger partial charge in [-0.1, -0.05) is 19.1 Å². The summed E-state index contributed by atoms with van der Waals surface area (Å²) in [6.07, 6.45) is 0.447. The third-order valence-electron chi connectivity index (χ3n) is 5.29. The largest absolute Gasteiger partial charge is 0.458 e. The molecule has 176 valence electrons. The molecule has 3 rings (SSSR count). The molecule has 0 fully saturated rings. The number of hydrogen-bond donors (Lipinski definition) is 1. The van der Waals surface area contributed by atoms with Crippen molar-refractivity contribution in [3.05, 3.63) is 47.2 Å². The van der Waals surface area contributed by atoms with Crippen molar-refractivity contribution < 1.29 is 14.0 Å². The molecule has 1 atom stereocenters. The van der Waals surface area contributed by atoms with Gasteiger partial charge in [-0.05, 0) is 82.5 Å². The molecular formula is C24H32N6O3. The van der Waals surface area contributed by atoms with Crippen molar-refractivity contribution in [3.8, 4) is 11.6 Å². The summed E-state index contributed by atoms with van der Waals surface area (Å²) in [4.78, 5) is 29.6. The van der Waals surface area contributed by atoms with Gasteiger partial charge in [0.2, 0.25) is 11.7 Å². The van der Waals surface area contributed by atoms with Crippen LogP contribution in [-0.4, -0.2) is 43.6 Å². The minimum atomic E-state index is -0.687. The monoisotopic (exact) mass is 452 g/mol. The molecule has 2 amide bonds. The van der Waals surface area contributed by atoms with Gasteiger partial charge in [0.05, 0.1) is 0 Å². The van der Waals surface area contributed by atoms with Crippen LogP contribution in [0.3, 0.4) is 0 Å². The Bertz CT molecular complexity index is 1140. The van der Waals surface area contributed by atoms with Gasteiger partial charge < -0.3 is 9.73 Å². The van der Waals surface area contributed by atoms with Crippen molar-refractivity contribution in [2.75, 3.05) is 4.90 Å². The Labute approximate surface area is 194 Å². The first kappa shape index (κ1) is 24.2. The number of nitrogens with one attached hydrogen (secondary N) is 1. The lowest BCUT2D eigenvalue weighted by atomic mass is 10.0. The van der Waals surface area contributed by atoms with E-state index in [1.165, 1.54) is 4.80 Å². The highest BCUT2D eigenvalue weighted by molar-refractivity contribution is 6.01. The van der Waals surface area contributed by atoms with Crippen LogP contribution < -0.4 is 10.2 Å². The maximum atomic E-state index is 13.6. The molecular weight excluding hydrogens is 420 g/mol. The summed E-state index contributed by atoms with van der Waals surface area (Å²) >= 11 is 0. The molecule has 0 aliphatic rings. The van der Waals surface area contributed by atoms with Crippen molar-refractivity contribution in [1.29, 1.82) is 0 Å². The van der Waals surface area contributed by atoms with E-state index in [0.717, 1.165) is 16.9 Å². The zero-order valence-electron chi connectivity index (χ0n) is 20.3. The molecule has 9 heteroatoms. The van der Waals surface area contributed by atoms with Crippen LogP contribution in [0.4, 0.5) is 5.69 Å². The van der Waals surface area contributed by atoms with Crippen molar-refractivity contribution >= 4 is 17.5 Å². The average molecular weight is 453 g/mol. The lowest BCUT2D eigenvalue weighted by Gasteiger charge is -2.34. The smallest absolute Gasteiger partial charge is 0.251 e. The summed E-state index contributed by atoms with van der Waals surface area (Å²) in [6.45, 7) is 13.2. The van der Waals surface area contributed by atoms with Gasteiger partial charge in [0.1, 0.15) is 18.3 Å². The highest BCUT2D eigenvalue weighted by atomic mass is 16.3. The molecule has 0 radical (unpaired) electrons. The molecule has 0 aliphatic heterocycles. The number of carbonyl (C=O) groups is 2. The predicted molar refractivity (Wildman–Crippen MR) is 126 cm³/mol. The topological polar surface area (TPSA) is 106 Å². The summed E-state index contributed by atoms with van der Waals surface area (Å²) < 4.78 is 5.54. The number of rotatable bonds is 7. The Morgan fingerprint density at radius 1 is 1.15 bits per heavy atom. The third kappa shape index (κ3) is 5.66. The first-order valence-electron chi connectivity index (χ1n) is 11.0. The zero-order chi connectivity index (χ0) is 24.3. The summed E-state index contributed by atoms with van der Waals surface area (Å²) in [7, 11) is 0. The summed E-state index contributed by atoms with van der Waals surface area (Å²) in [5.74, 6) is 0.992. The molecule has 0 saturated heterocycles. The summed E-state index contributed by atoms with van der Waals surface area (Å²) in [6, 6.07) is 8.60. The molecule has 9 nitrogen and oxygen atoms in total. The standard InChI is InChI=1S/C24H32N6O3/c1-8-18(23(32)25-24(5,6)7)30(19-11-9-10-15(2)17(19)4)21(31)14-29-27-22(26-28-29)20-13-12-16(3)33-20/h9-13,18H,8,14H2,1-7H3,(H,25,32)/t18-/m0/s1. The lowest BCUT2D eigenvalue weighted by molar-refractivity contribution is -0.128. The number of tetrazole rings is 1. The molecule has 0 saturated carbocycles. The van der Waals surface area contributed by atoms with Crippen LogP contribution in [-0.2, 0) is 16.1 Å². The second-order valence-electron chi connectivity index (χ2n) is 9.20. The first-order chi connectivity index (χ1) is 15.5. The first-order valence-corrected chi connectivity index (χ1v) is 11.0. The van der Waals surface area contributed by atoms with Crippen molar-refractivity contribution in [2.24, 2.45) is 0 Å². The van der Waals surface area contributed by atoms with E-state index in [-0.39, 0.29) is 18.4 Å². The fraction of sp³-hybridized carbons (Fsp3) is 0.458. The Kier molecular flexibility index (Phi) is 7.00. The van der Waals surface area contributed by atoms with Crippen LogP contribution in [0.2, 0.25) is 0 Å². The number of hydrogen-bond acceptors (Lipinski definition) is 6. The zero-order valence-corrected chi connectivity index (χ0v) is 20.3. The second kappa shape index (κ2) is 9.56. The molecule has 1 N–H and O–H groups in total. The minimum absolute atomic E-state index is 0.167. The number of carbonyl (C=O) groups excluding carboxylic acids is 2. The number of furan rings is 1. The molecule has 0 aliphatic carbocycles. The Morgan fingerprint density at radius 3 is 2.48 bits per heavy atom. The predicted octanol–water partition coefficient (Wildman–Crippen LogP) is 3.58. The van der Waals surface area contributed by atoms with E-state index in [4.69, 9.17) is 4.42 Å². The van der Waals surface area contributed by atoms with E-state index in [9.17, 15) is 9.59 Å². The summed E-state index contributed by atoms with van der Waals surface area (Å²) in [5.41, 5.74) is 2.24. The number of amides is 2. The Hall–Kier alpha value is -3.49. The maximum absolute atomic E-state index is 13.6. The molecule has 2 heterocycles. The SMILES string of the molecule is CC[C@@H](C(=O)NC(C)(C)C)N(C(=O)Cn1nnc(-c2ccc(C)o2)n1)c1cccc(C)c1C. The van der Waals surface area contributed by atoms with E-state index in [1.807, 2.05) is 72.7 Å². The molecule has 0 spiro atoms. The van der Waals surface area contributed by atoms with Crippen molar-refractivity contribution in [1.82, 2.24) is 25.5 Å². The van der Waals surface area contributed by atoms with E-state index in [0.29, 0.717) is 23.7 Å². The van der Waals surface area contributed by atoms with E-state index in [1.54, 1.807) is 11.0 Å². The number of aryl methyl sites for hydroxylation is 2. The van der Waals surface area contributed by atoms with Gasteiger partial charge in [-0.2, -0.15) is 4.80 Å². The molecule has 0 unspecified atom stereocenters. The average Bonchev–Trinajstić information content (AvgIpc) is 3.36. The van der Waals surface area contributed by atoms with Crippen LogP contribution >= 0.6 is 0 Å². The number of aromatic nitrogens is 4. The van der Waals surface area contributed by atoms with Crippen LogP contribution in [0.1, 0.15) is 51.0 Å². The van der Waals surface area contributed by atoms with E-state index < -0.39 is 11.6 Å². The van der Waals surface area contributed by atoms with Gasteiger partial charge in [0, 0.05) is 11.2 Å². The Balaban J connectivity index is 1.95. The van der Waals surface area contributed by atoms with Crippen LogP contribution in [0.15, 0.2) is 34.7 Å². The molecule has 1 aromatic carbocycles. The second-order valence-corrected chi connectivity index (χ2v) is 9.20. The fourth-order valence-electron chi connectivity index (χ4n) is 3.57. The Morgan fingerprint density at radius 2 is 1.88 bits per heavy atom. The maximum Gasteiger partial charge on any atom is 0.251 e. The summed E-state index contributed by atoms with van der Waals surface area (Å²) in [5, 5.41) is 15.3. The van der Waals surface area contributed by atoms with Crippen LogP contribution in [0, 0.1) is 20.8 Å². The van der Waals surface area contributed by atoms with E-state index in [2.05, 4.69) is 20.7 Å². The van der Waals surface area contributed by atoms with Crippen LogP contribution in [0.5, 0.6) is 0 Å². The molecule has 0 bridgehead atoms. The highest BCUT2D eigenvalue weighted by Crippen LogP contribution is 2.27. The van der Waals surface area contributed by atoms with Crippen molar-refractivity contribution in [2.45, 2.75) is 73.0 Å². The fourth-order valence-corrected chi connectivity index (χ4v) is 3.57. The van der Waals surface area contributed by atoms with Gasteiger partial charge in [-0.3, -0.25) is 14.5 Å². The van der Waals surface area contributed by atoms with Gasteiger partial charge in [0.25, 0.3) is 5.91 Å². The number of nitrogens with zero attached hydrogens (tertiary/aromatic N) is 5. The number of benzene rings is 1. The van der Waals surface area contributed by atoms with Gasteiger partial charge >= 0.3 is 0 Å². The number of anilines is 1. The lowest BCUT2D eigenvalue weighted by Crippen LogP contribution is -2.54. The quantitative estimate of drug-likeness (QED) is 0.587. The van der Waals surface area contributed by atoms with Gasteiger partial charge in [0.15, 0.2) is 5.76 Å². The van der Waals surface area contributed by atoms with E-state index >= 15 is 0 Å². The minimum Gasteiger partial charge on any atom is -0.458 e.